The average Bonchev–Trinajstić information content (AvgIpc) is 3.37. The third-order valence-electron chi connectivity index (χ3n) is 6.62. The second kappa shape index (κ2) is 9.58. The van der Waals surface area contributed by atoms with Gasteiger partial charge in [-0.25, -0.2) is 0 Å². The number of aromatic nitrogens is 3. The van der Waals surface area contributed by atoms with Gasteiger partial charge < -0.3 is 10.5 Å². The molecule has 3 aromatic rings. The summed E-state index contributed by atoms with van der Waals surface area (Å²) in [5.41, 5.74) is 10.1. The number of ether oxygens (including phenoxy) is 1. The monoisotopic (exact) mass is 497 g/mol. The van der Waals surface area contributed by atoms with Gasteiger partial charge in [-0.15, -0.1) is 0 Å². The van der Waals surface area contributed by atoms with E-state index in [1.165, 1.54) is 24.2 Å². The third-order valence-corrected chi connectivity index (χ3v) is 6.62. The molecule has 3 heterocycles. The molecular formula is C26H23N7O4. The van der Waals surface area contributed by atoms with Crippen molar-refractivity contribution in [1.82, 2.24) is 14.8 Å². The summed E-state index contributed by atoms with van der Waals surface area (Å²) in [6.07, 6.45) is 7.52. The molecular weight excluding hydrogens is 474 g/mol. The number of anilines is 1. The second-order valence-corrected chi connectivity index (χ2v) is 8.75. The van der Waals surface area contributed by atoms with Crippen molar-refractivity contribution in [3.8, 4) is 11.8 Å². The van der Waals surface area contributed by atoms with Crippen LogP contribution in [-0.2, 0) is 11.3 Å². The van der Waals surface area contributed by atoms with Gasteiger partial charge >= 0.3 is 5.69 Å². The summed E-state index contributed by atoms with van der Waals surface area (Å²) in [7, 11) is 1.53. The Hall–Kier alpha value is -4.98. The topological polar surface area (TPSA) is 153 Å². The van der Waals surface area contributed by atoms with Crippen molar-refractivity contribution < 1.29 is 14.5 Å². The lowest BCUT2D eigenvalue weighted by atomic mass is 9.75. The molecule has 0 bridgehead atoms. The number of rotatable bonds is 6. The molecule has 1 aromatic carbocycles. The summed E-state index contributed by atoms with van der Waals surface area (Å²) in [6.45, 7) is 0.195. The maximum absolute atomic E-state index is 13.3. The van der Waals surface area contributed by atoms with Crippen molar-refractivity contribution in [2.24, 2.45) is 5.73 Å². The Balaban J connectivity index is 1.64. The van der Waals surface area contributed by atoms with Crippen molar-refractivity contribution in [1.29, 1.82) is 5.26 Å². The summed E-state index contributed by atoms with van der Waals surface area (Å²) < 4.78 is 6.96. The zero-order chi connectivity index (χ0) is 26.1. The van der Waals surface area contributed by atoms with Crippen LogP contribution in [0.5, 0.6) is 5.75 Å². The first kappa shape index (κ1) is 23.7. The third kappa shape index (κ3) is 4.18. The molecule has 5 rings (SSSR count). The highest BCUT2D eigenvalue weighted by Crippen LogP contribution is 2.46. The molecule has 1 aliphatic heterocycles. The fourth-order valence-electron chi connectivity index (χ4n) is 5.01. The highest BCUT2D eigenvalue weighted by molar-refractivity contribution is 6.01. The van der Waals surface area contributed by atoms with E-state index in [0.29, 0.717) is 47.4 Å². The number of pyridine rings is 1. The number of nitrogens with zero attached hydrogens (tertiary/aromatic N) is 6. The molecule has 0 amide bonds. The van der Waals surface area contributed by atoms with Gasteiger partial charge in [-0.2, -0.15) is 10.4 Å². The highest BCUT2D eigenvalue weighted by atomic mass is 16.6. The smallest absolute Gasteiger partial charge is 0.307 e. The lowest BCUT2D eigenvalue weighted by Crippen LogP contribution is -2.38. The van der Waals surface area contributed by atoms with Gasteiger partial charge in [-0.05, 0) is 42.7 Å². The number of Topliss-reactive ketones (excluding diaryl/α,β-unsaturated/α-hetero) is 1. The molecule has 0 saturated heterocycles. The summed E-state index contributed by atoms with van der Waals surface area (Å²) in [6, 6.07) is 11.3. The van der Waals surface area contributed by atoms with Crippen LogP contribution in [0.25, 0.3) is 0 Å². The summed E-state index contributed by atoms with van der Waals surface area (Å²) in [5.74, 6) is 0.126. The Bertz CT molecular complexity index is 1500. The van der Waals surface area contributed by atoms with E-state index in [1.807, 2.05) is 18.2 Å². The Morgan fingerprint density at radius 2 is 2.14 bits per heavy atom. The molecule has 2 aromatic heterocycles. The number of benzene rings is 1. The van der Waals surface area contributed by atoms with E-state index in [0.717, 1.165) is 5.70 Å². The predicted octanol–water partition coefficient (Wildman–Crippen LogP) is 3.55. The van der Waals surface area contributed by atoms with Gasteiger partial charge in [0.1, 0.15) is 24.0 Å². The minimum atomic E-state index is -0.655. The molecule has 0 spiro atoms. The highest BCUT2D eigenvalue weighted by Gasteiger charge is 2.40. The van der Waals surface area contributed by atoms with Crippen LogP contribution in [-0.4, -0.2) is 32.6 Å². The lowest BCUT2D eigenvalue weighted by molar-refractivity contribution is -0.385. The predicted molar refractivity (Wildman–Crippen MR) is 133 cm³/mol. The molecule has 0 unspecified atom stereocenters. The molecule has 11 heteroatoms. The molecule has 11 nitrogen and oxygen atoms in total. The van der Waals surface area contributed by atoms with Crippen molar-refractivity contribution in [3.63, 3.8) is 0 Å². The fourth-order valence-corrected chi connectivity index (χ4v) is 5.01. The van der Waals surface area contributed by atoms with Gasteiger partial charge in [0.25, 0.3) is 0 Å². The first-order valence-corrected chi connectivity index (χ1v) is 11.6. The van der Waals surface area contributed by atoms with Crippen LogP contribution in [0.3, 0.4) is 0 Å². The van der Waals surface area contributed by atoms with Crippen LogP contribution in [0.4, 0.5) is 11.4 Å². The van der Waals surface area contributed by atoms with Crippen molar-refractivity contribution in [3.05, 3.63) is 99.0 Å². The number of carbonyl (C=O) groups is 1. The molecule has 0 fully saturated rings. The van der Waals surface area contributed by atoms with E-state index in [1.54, 1.807) is 29.4 Å². The van der Waals surface area contributed by atoms with Crippen LogP contribution in [0, 0.1) is 21.4 Å². The maximum Gasteiger partial charge on any atom is 0.307 e. The molecule has 2 N–H and O–H groups in total. The summed E-state index contributed by atoms with van der Waals surface area (Å²) >= 11 is 0. The zero-order valence-corrected chi connectivity index (χ0v) is 20.0. The molecule has 0 radical (unpaired) electrons. The van der Waals surface area contributed by atoms with Gasteiger partial charge in [0.15, 0.2) is 5.78 Å². The lowest BCUT2D eigenvalue weighted by Gasteiger charge is -2.39. The number of nitro groups is 1. The largest absolute Gasteiger partial charge is 0.496 e. The Morgan fingerprint density at radius 3 is 2.81 bits per heavy atom. The molecule has 1 atom stereocenters. The number of allylic oxidation sites excluding steroid dienone is 3. The van der Waals surface area contributed by atoms with E-state index < -0.39 is 10.8 Å². The van der Waals surface area contributed by atoms with Crippen LogP contribution < -0.4 is 15.4 Å². The second-order valence-electron chi connectivity index (χ2n) is 8.75. The summed E-state index contributed by atoms with van der Waals surface area (Å²) in [5, 5.41) is 25.4. The normalized spacial score (nSPS) is 17.5. The standard InChI is InChI=1S/C26H23N7O4/c1-37-23-8-7-16(10-17(23)14-31-15-19(13-30-31)33(35)36)24-20(11-27)26(28)32(18-4-3-9-29-12-18)21-5-2-6-22(34)25(21)24/h3-4,7-10,12-13,15,24H,2,5-6,14,28H2,1H3/t24-/m1/s1. The first-order chi connectivity index (χ1) is 17.9. The number of hydrogen-bond acceptors (Lipinski definition) is 9. The van der Waals surface area contributed by atoms with Crippen molar-refractivity contribution in [2.75, 3.05) is 12.0 Å². The van der Waals surface area contributed by atoms with E-state index in [-0.39, 0.29) is 29.4 Å². The number of nitrogens with two attached hydrogens (primary N) is 1. The van der Waals surface area contributed by atoms with Crippen molar-refractivity contribution in [2.45, 2.75) is 31.7 Å². The Kier molecular flexibility index (Phi) is 6.15. The zero-order valence-electron chi connectivity index (χ0n) is 20.0. The quantitative estimate of drug-likeness (QED) is 0.398. The number of methoxy groups -OCH3 is 1. The molecule has 0 saturated carbocycles. The van der Waals surface area contributed by atoms with E-state index >= 15 is 0 Å². The number of carbonyl (C=O) groups excluding carboxylic acids is 1. The molecule has 2 aliphatic rings. The first-order valence-electron chi connectivity index (χ1n) is 11.6. The Labute approximate surface area is 212 Å². The van der Waals surface area contributed by atoms with Gasteiger partial charge in [0, 0.05) is 29.5 Å². The molecule has 37 heavy (non-hydrogen) atoms. The van der Waals surface area contributed by atoms with Gasteiger partial charge in [-0.3, -0.25) is 29.5 Å². The van der Waals surface area contributed by atoms with Gasteiger partial charge in [0.05, 0.1) is 48.0 Å². The van der Waals surface area contributed by atoms with E-state index in [9.17, 15) is 20.2 Å². The van der Waals surface area contributed by atoms with Gasteiger partial charge in [-0.1, -0.05) is 6.07 Å². The minimum absolute atomic E-state index is 0.0274. The van der Waals surface area contributed by atoms with Crippen LogP contribution in [0.1, 0.15) is 36.3 Å². The molecule has 1 aliphatic carbocycles. The number of ketones is 1. The van der Waals surface area contributed by atoms with Crippen LogP contribution in [0.15, 0.2) is 77.8 Å². The summed E-state index contributed by atoms with van der Waals surface area (Å²) in [4.78, 5) is 29.9. The average molecular weight is 498 g/mol. The fraction of sp³-hybridized carbons (Fsp3) is 0.231. The Morgan fingerprint density at radius 1 is 1.30 bits per heavy atom. The van der Waals surface area contributed by atoms with E-state index in [2.05, 4.69) is 16.2 Å². The SMILES string of the molecule is COc1ccc([C@@H]2C(C#N)=C(N)N(c3cccnc3)C3=C2C(=O)CCC3)cc1Cn1cc([N+](=O)[O-])cn1. The number of nitriles is 1. The van der Waals surface area contributed by atoms with Crippen molar-refractivity contribution >= 4 is 17.2 Å². The number of hydrogen-bond donors (Lipinski definition) is 1. The molecule has 186 valence electrons. The maximum atomic E-state index is 13.3. The minimum Gasteiger partial charge on any atom is -0.496 e. The van der Waals surface area contributed by atoms with Crippen LogP contribution in [0.2, 0.25) is 0 Å². The van der Waals surface area contributed by atoms with Crippen LogP contribution >= 0.6 is 0 Å². The van der Waals surface area contributed by atoms with Gasteiger partial charge in [0.2, 0.25) is 0 Å². The van der Waals surface area contributed by atoms with E-state index in [4.69, 9.17) is 10.5 Å².